The Hall–Kier alpha value is -0.120. The van der Waals surface area contributed by atoms with E-state index in [1.807, 2.05) is 0 Å². The highest BCUT2D eigenvalue weighted by molar-refractivity contribution is 4.75. The number of nitrogens with one attached hydrogen (secondary N) is 1. The largest absolute Gasteiger partial charge is 0.390 e. The number of hydrogen-bond acceptors (Lipinski definition) is 3. The highest BCUT2D eigenvalue weighted by Gasteiger charge is 2.18. The van der Waals surface area contributed by atoms with Crippen molar-refractivity contribution in [1.29, 1.82) is 0 Å². The fourth-order valence-corrected chi connectivity index (χ4v) is 0.761. The van der Waals surface area contributed by atoms with Crippen molar-refractivity contribution in [2.45, 2.75) is 18.6 Å². The van der Waals surface area contributed by atoms with Crippen molar-refractivity contribution in [1.82, 2.24) is 5.31 Å². The highest BCUT2D eigenvalue weighted by Crippen LogP contribution is 2.01. The molecule has 1 saturated heterocycles. The van der Waals surface area contributed by atoms with Crippen LogP contribution in [0.2, 0.25) is 1.41 Å². The predicted octanol–water partition coefficient (Wildman–Crippen LogP) is -1.30. The minimum absolute atomic E-state index is 0.265. The molecule has 0 aliphatic carbocycles. The van der Waals surface area contributed by atoms with Gasteiger partial charge in [-0.1, -0.05) is 0 Å². The molecule has 3 heteroatoms. The number of hydrogen-bond donors (Lipinski definition) is 3. The third-order valence-electron chi connectivity index (χ3n) is 1.34. The van der Waals surface area contributed by atoms with Gasteiger partial charge in [0.15, 0.2) is 0 Å². The molecule has 48 valence electrons. The summed E-state index contributed by atoms with van der Waals surface area (Å²) in [4.78, 5) is 0. The molecule has 3 nitrogen and oxygen atoms in total. The van der Waals surface area contributed by atoms with Gasteiger partial charge >= 0.3 is 0 Å². The SMILES string of the molecule is [2H]N1CC[C@@H](O)[C@H](O)C1. The molecule has 0 radical (unpaired) electrons. The van der Waals surface area contributed by atoms with Crippen molar-refractivity contribution in [3.63, 3.8) is 0 Å². The molecule has 0 aromatic rings. The molecule has 1 heterocycles. The van der Waals surface area contributed by atoms with E-state index >= 15 is 0 Å². The summed E-state index contributed by atoms with van der Waals surface area (Å²) in [5.41, 5.74) is 0. The van der Waals surface area contributed by atoms with E-state index < -0.39 is 12.2 Å². The molecule has 3 N–H and O–H groups in total. The Morgan fingerprint density at radius 3 is 2.75 bits per heavy atom. The Balaban J connectivity index is 2.35. The number of aliphatic hydroxyl groups excluding tert-OH is 2. The van der Waals surface area contributed by atoms with E-state index in [4.69, 9.17) is 11.6 Å². The van der Waals surface area contributed by atoms with E-state index in [2.05, 4.69) is 0 Å². The van der Waals surface area contributed by atoms with Crippen LogP contribution in [0, 0.1) is 0 Å². The molecule has 1 fully saturated rings. The van der Waals surface area contributed by atoms with Crippen LogP contribution >= 0.6 is 0 Å². The van der Waals surface area contributed by atoms with Crippen molar-refractivity contribution in [3.8, 4) is 0 Å². The lowest BCUT2D eigenvalue weighted by Gasteiger charge is -2.23. The second-order valence-corrected chi connectivity index (χ2v) is 2.05. The topological polar surface area (TPSA) is 52.5 Å². The fraction of sp³-hybridized carbons (Fsp3) is 1.00. The number of β-amino-alcohol motifs (C(OH)–C–C–N with tert-alkyl or cyclic N) is 1. The smallest absolute Gasteiger partial charge is 0.122 e. The zero-order valence-electron chi connectivity index (χ0n) is 5.62. The van der Waals surface area contributed by atoms with Gasteiger partial charge in [-0.05, 0) is 13.0 Å². The third-order valence-corrected chi connectivity index (χ3v) is 1.34. The van der Waals surface area contributed by atoms with Crippen molar-refractivity contribution in [2.75, 3.05) is 13.1 Å². The molecular formula is C5H11NO2. The first-order chi connectivity index (χ1) is 4.20. The number of piperidine rings is 1. The van der Waals surface area contributed by atoms with Gasteiger partial charge in [0.2, 0.25) is 0 Å². The Kier molecular flexibility index (Phi) is 1.44. The summed E-state index contributed by atoms with van der Waals surface area (Å²) < 4.78 is 7.05. The van der Waals surface area contributed by atoms with Gasteiger partial charge in [0.1, 0.15) is 1.41 Å². The third kappa shape index (κ3) is 1.18. The molecule has 1 aliphatic rings. The lowest BCUT2D eigenvalue weighted by molar-refractivity contribution is 0.000433. The lowest BCUT2D eigenvalue weighted by Crippen LogP contribution is -2.43. The normalized spacial score (nSPS) is 44.0. The van der Waals surface area contributed by atoms with Gasteiger partial charge in [0, 0.05) is 6.54 Å². The van der Waals surface area contributed by atoms with E-state index in [9.17, 15) is 0 Å². The minimum Gasteiger partial charge on any atom is -0.390 e. The summed E-state index contributed by atoms with van der Waals surface area (Å²) in [6.07, 6.45) is -0.840. The summed E-state index contributed by atoms with van der Waals surface area (Å²) in [7, 11) is 0. The molecule has 0 spiro atoms. The second-order valence-electron chi connectivity index (χ2n) is 2.05. The monoisotopic (exact) mass is 118 g/mol. The lowest BCUT2D eigenvalue weighted by atomic mass is 10.1. The number of rotatable bonds is 0. The average molecular weight is 118 g/mol. The first-order valence-electron chi connectivity index (χ1n) is 3.25. The molecule has 0 bridgehead atoms. The maximum Gasteiger partial charge on any atom is 0.122 e. The summed E-state index contributed by atoms with van der Waals surface area (Å²) in [6.45, 7) is 0.819. The zero-order valence-corrected chi connectivity index (χ0v) is 4.62. The predicted molar refractivity (Wildman–Crippen MR) is 29.5 cm³/mol. The van der Waals surface area contributed by atoms with E-state index in [-0.39, 0.29) is 6.54 Å². The van der Waals surface area contributed by atoms with Gasteiger partial charge in [-0.15, -0.1) is 0 Å². The van der Waals surface area contributed by atoms with Gasteiger partial charge in [-0.3, -0.25) is 0 Å². The van der Waals surface area contributed by atoms with Crippen LogP contribution in [0.25, 0.3) is 0 Å². The van der Waals surface area contributed by atoms with E-state index in [0.717, 1.165) is 0 Å². The van der Waals surface area contributed by atoms with Gasteiger partial charge in [-0.2, -0.15) is 0 Å². The van der Waals surface area contributed by atoms with Gasteiger partial charge in [-0.25, -0.2) is 0 Å². The molecule has 0 saturated carbocycles. The van der Waals surface area contributed by atoms with Crippen LogP contribution < -0.4 is 5.31 Å². The maximum atomic E-state index is 8.94. The van der Waals surface area contributed by atoms with E-state index in [1.165, 1.54) is 5.31 Å². The van der Waals surface area contributed by atoms with Crippen molar-refractivity contribution < 1.29 is 11.6 Å². The fourth-order valence-electron chi connectivity index (χ4n) is 0.761. The molecule has 0 amide bonds. The first kappa shape index (κ1) is 4.73. The zero-order chi connectivity index (χ0) is 6.85. The van der Waals surface area contributed by atoms with Crippen LogP contribution in [0.4, 0.5) is 0 Å². The summed E-state index contributed by atoms with van der Waals surface area (Å²) in [6, 6.07) is 0. The van der Waals surface area contributed by atoms with Crippen LogP contribution in [-0.4, -0.2) is 35.5 Å². The van der Waals surface area contributed by atoms with E-state index in [0.29, 0.717) is 13.0 Å². The minimum atomic E-state index is -0.726. The van der Waals surface area contributed by atoms with Crippen LogP contribution in [0.1, 0.15) is 6.42 Å². The molecule has 1 aliphatic heterocycles. The first-order valence-corrected chi connectivity index (χ1v) is 2.80. The molecule has 0 unspecified atom stereocenters. The Bertz CT molecular complexity index is 101. The van der Waals surface area contributed by atoms with Crippen molar-refractivity contribution >= 4 is 0 Å². The van der Waals surface area contributed by atoms with E-state index in [1.54, 1.807) is 0 Å². The summed E-state index contributed by atoms with van der Waals surface area (Å²) in [5.74, 6) is 0. The summed E-state index contributed by atoms with van der Waals surface area (Å²) >= 11 is 0. The molecule has 2 atom stereocenters. The van der Waals surface area contributed by atoms with Crippen molar-refractivity contribution in [2.24, 2.45) is 0 Å². The van der Waals surface area contributed by atoms with Gasteiger partial charge < -0.3 is 15.5 Å². The number of aliphatic hydroxyl groups is 2. The summed E-state index contributed by atoms with van der Waals surface area (Å²) in [5, 5.41) is 19.1. The van der Waals surface area contributed by atoms with Gasteiger partial charge in [0.25, 0.3) is 0 Å². The molecule has 0 aromatic heterocycles. The van der Waals surface area contributed by atoms with Crippen LogP contribution in [0.15, 0.2) is 0 Å². The Morgan fingerprint density at radius 1 is 1.50 bits per heavy atom. The molecule has 0 aromatic carbocycles. The van der Waals surface area contributed by atoms with Crippen molar-refractivity contribution in [3.05, 3.63) is 0 Å². The Labute approximate surface area is 49.8 Å². The second kappa shape index (κ2) is 2.44. The Morgan fingerprint density at radius 2 is 2.25 bits per heavy atom. The molecule has 8 heavy (non-hydrogen) atoms. The quantitative estimate of drug-likeness (QED) is 0.370. The standard InChI is InChI=1S/C5H11NO2/c7-4-1-2-6-3-5(4)8/h4-8H,1-3H2/t4-,5-/m1/s1/i/hD. The maximum absolute atomic E-state index is 8.94. The van der Waals surface area contributed by atoms with Gasteiger partial charge in [0.05, 0.1) is 12.2 Å². The molecule has 1 rings (SSSR count). The van der Waals surface area contributed by atoms with Crippen LogP contribution in [-0.2, 0) is 0 Å². The van der Waals surface area contributed by atoms with Crippen LogP contribution in [0.5, 0.6) is 0 Å². The average Bonchev–Trinajstić information content (AvgIpc) is 1.80. The van der Waals surface area contributed by atoms with Crippen LogP contribution in [0.3, 0.4) is 0 Å². The molecular weight excluding hydrogens is 106 g/mol. The highest BCUT2D eigenvalue weighted by atomic mass is 16.3.